The average Bonchev–Trinajstić information content (AvgIpc) is 2.97. The summed E-state index contributed by atoms with van der Waals surface area (Å²) in [6, 6.07) is 8.43. The molecule has 0 fully saturated rings. The Morgan fingerprint density at radius 3 is 2.53 bits per heavy atom. The van der Waals surface area contributed by atoms with Crippen molar-refractivity contribution >= 4 is 5.91 Å². The molecule has 0 radical (unpaired) electrons. The zero-order valence-electron chi connectivity index (χ0n) is 9.26. The van der Waals surface area contributed by atoms with Crippen molar-refractivity contribution in [2.75, 3.05) is 0 Å². The molecule has 1 aromatic carbocycles. The van der Waals surface area contributed by atoms with E-state index in [1.165, 1.54) is 17.4 Å². The lowest BCUT2D eigenvalue weighted by Gasteiger charge is -2.13. The van der Waals surface area contributed by atoms with Crippen LogP contribution in [0, 0.1) is 0 Å². The summed E-state index contributed by atoms with van der Waals surface area (Å²) >= 11 is 0. The Morgan fingerprint density at radius 1 is 1.24 bits per heavy atom. The first-order chi connectivity index (χ1) is 8.33. The second-order valence-corrected chi connectivity index (χ2v) is 4.32. The molecule has 3 rings (SSSR count). The van der Waals surface area contributed by atoms with Gasteiger partial charge in [-0.05, 0) is 30.0 Å². The molecule has 0 bridgehead atoms. The SMILES string of the molecule is O=C(NC1Cc2ccccc2C1)C1C=COO1. The molecule has 88 valence electrons. The summed E-state index contributed by atoms with van der Waals surface area (Å²) in [6.45, 7) is 0. The third-order valence-corrected chi connectivity index (χ3v) is 3.12. The maximum atomic E-state index is 11.8. The smallest absolute Gasteiger partial charge is 0.258 e. The van der Waals surface area contributed by atoms with E-state index in [1.54, 1.807) is 6.08 Å². The van der Waals surface area contributed by atoms with Gasteiger partial charge in [-0.25, -0.2) is 0 Å². The number of carbonyl (C=O) groups excluding carboxylic acids is 1. The lowest BCUT2D eigenvalue weighted by molar-refractivity contribution is -0.248. The molecule has 1 atom stereocenters. The first-order valence-electron chi connectivity index (χ1n) is 5.69. The predicted molar refractivity (Wildman–Crippen MR) is 60.9 cm³/mol. The summed E-state index contributed by atoms with van der Waals surface area (Å²) in [4.78, 5) is 21.1. The van der Waals surface area contributed by atoms with Crippen molar-refractivity contribution in [3.63, 3.8) is 0 Å². The van der Waals surface area contributed by atoms with Gasteiger partial charge < -0.3 is 10.2 Å². The van der Waals surface area contributed by atoms with E-state index in [0.717, 1.165) is 12.8 Å². The Balaban J connectivity index is 1.62. The Kier molecular flexibility index (Phi) is 2.57. The van der Waals surface area contributed by atoms with Crippen LogP contribution in [0.25, 0.3) is 0 Å². The van der Waals surface area contributed by atoms with Crippen LogP contribution >= 0.6 is 0 Å². The van der Waals surface area contributed by atoms with E-state index < -0.39 is 6.10 Å². The molecule has 17 heavy (non-hydrogen) atoms. The summed E-state index contributed by atoms with van der Waals surface area (Å²) in [5.74, 6) is -0.142. The van der Waals surface area contributed by atoms with Crippen LogP contribution in [-0.2, 0) is 27.4 Å². The Bertz CT molecular complexity index is 444. The largest absolute Gasteiger partial charge is 0.350 e. The van der Waals surface area contributed by atoms with Crippen LogP contribution in [-0.4, -0.2) is 18.1 Å². The quantitative estimate of drug-likeness (QED) is 0.776. The zero-order valence-corrected chi connectivity index (χ0v) is 9.26. The van der Waals surface area contributed by atoms with Gasteiger partial charge in [0.1, 0.15) is 6.26 Å². The Labute approximate surface area is 99.2 Å². The highest BCUT2D eigenvalue weighted by Gasteiger charge is 2.27. The fourth-order valence-electron chi connectivity index (χ4n) is 2.30. The number of nitrogens with one attached hydrogen (secondary N) is 1. The topological polar surface area (TPSA) is 47.6 Å². The summed E-state index contributed by atoms with van der Waals surface area (Å²) in [5.41, 5.74) is 2.63. The molecule has 4 heteroatoms. The van der Waals surface area contributed by atoms with Gasteiger partial charge >= 0.3 is 0 Å². The molecule has 1 heterocycles. The van der Waals surface area contributed by atoms with Crippen molar-refractivity contribution in [2.24, 2.45) is 0 Å². The van der Waals surface area contributed by atoms with E-state index in [4.69, 9.17) is 4.89 Å². The molecule has 1 aromatic rings. The van der Waals surface area contributed by atoms with Crippen molar-refractivity contribution in [1.82, 2.24) is 5.32 Å². The van der Waals surface area contributed by atoms with E-state index in [2.05, 4.69) is 22.3 Å². The van der Waals surface area contributed by atoms with Crippen molar-refractivity contribution < 1.29 is 14.6 Å². The van der Waals surface area contributed by atoms with Crippen LogP contribution in [0.15, 0.2) is 36.6 Å². The maximum absolute atomic E-state index is 11.8. The normalized spacial score (nSPS) is 22.2. The first kappa shape index (κ1) is 10.4. The monoisotopic (exact) mass is 231 g/mol. The van der Waals surface area contributed by atoms with Gasteiger partial charge in [-0.1, -0.05) is 24.3 Å². The molecule has 0 spiro atoms. The van der Waals surface area contributed by atoms with Crippen molar-refractivity contribution in [1.29, 1.82) is 0 Å². The molecule has 0 saturated carbocycles. The number of fused-ring (bicyclic) bond motifs is 1. The van der Waals surface area contributed by atoms with Gasteiger partial charge in [0.2, 0.25) is 6.10 Å². The highest BCUT2D eigenvalue weighted by molar-refractivity contribution is 5.83. The lowest BCUT2D eigenvalue weighted by Crippen LogP contribution is -2.41. The fourth-order valence-corrected chi connectivity index (χ4v) is 2.30. The fraction of sp³-hybridized carbons (Fsp3) is 0.308. The summed E-state index contributed by atoms with van der Waals surface area (Å²) in [5, 5.41) is 2.97. The van der Waals surface area contributed by atoms with Crippen LogP contribution in [0.4, 0.5) is 0 Å². The summed E-state index contributed by atoms with van der Waals surface area (Å²) < 4.78 is 0. The molecule has 0 aromatic heterocycles. The van der Waals surface area contributed by atoms with Gasteiger partial charge in [0.15, 0.2) is 0 Å². The average molecular weight is 231 g/mol. The summed E-state index contributed by atoms with van der Waals surface area (Å²) in [6.07, 6.45) is 4.14. The van der Waals surface area contributed by atoms with Gasteiger partial charge in [-0.3, -0.25) is 4.79 Å². The number of hydrogen-bond donors (Lipinski definition) is 1. The number of carbonyl (C=O) groups is 1. The van der Waals surface area contributed by atoms with Crippen molar-refractivity contribution in [2.45, 2.75) is 25.0 Å². The second-order valence-electron chi connectivity index (χ2n) is 4.32. The van der Waals surface area contributed by atoms with Crippen molar-refractivity contribution in [3.8, 4) is 0 Å². The molecule has 4 nitrogen and oxygen atoms in total. The minimum absolute atomic E-state index is 0.142. The van der Waals surface area contributed by atoms with Gasteiger partial charge in [-0.2, -0.15) is 4.89 Å². The molecule has 1 unspecified atom stereocenters. The van der Waals surface area contributed by atoms with Crippen LogP contribution in [0.3, 0.4) is 0 Å². The van der Waals surface area contributed by atoms with Crippen LogP contribution in [0.2, 0.25) is 0 Å². The van der Waals surface area contributed by atoms with Crippen LogP contribution in [0.1, 0.15) is 11.1 Å². The molecule has 1 aliphatic carbocycles. The van der Waals surface area contributed by atoms with E-state index in [-0.39, 0.29) is 11.9 Å². The van der Waals surface area contributed by atoms with E-state index in [9.17, 15) is 4.79 Å². The predicted octanol–water partition coefficient (Wildman–Crippen LogP) is 1.11. The second kappa shape index (κ2) is 4.22. The molecule has 1 aliphatic heterocycles. The maximum Gasteiger partial charge on any atom is 0.258 e. The summed E-state index contributed by atoms with van der Waals surface area (Å²) in [7, 11) is 0. The third-order valence-electron chi connectivity index (χ3n) is 3.12. The molecule has 1 amide bonds. The highest BCUT2D eigenvalue weighted by Crippen LogP contribution is 2.21. The molecular weight excluding hydrogens is 218 g/mol. The first-order valence-corrected chi connectivity index (χ1v) is 5.69. The number of hydrogen-bond acceptors (Lipinski definition) is 3. The minimum Gasteiger partial charge on any atom is -0.350 e. The van der Waals surface area contributed by atoms with Crippen LogP contribution < -0.4 is 5.32 Å². The highest BCUT2D eigenvalue weighted by atomic mass is 17.2. The van der Waals surface area contributed by atoms with Gasteiger partial charge in [0.05, 0.1) is 0 Å². The molecule has 0 saturated heterocycles. The Hall–Kier alpha value is -1.81. The van der Waals surface area contributed by atoms with E-state index in [0.29, 0.717) is 0 Å². The van der Waals surface area contributed by atoms with Crippen LogP contribution in [0.5, 0.6) is 0 Å². The molecule has 2 aliphatic rings. The number of benzene rings is 1. The van der Waals surface area contributed by atoms with Gasteiger partial charge in [-0.15, -0.1) is 0 Å². The molecular formula is C13H13NO3. The zero-order chi connectivity index (χ0) is 11.7. The molecule has 1 N–H and O–H groups in total. The standard InChI is InChI=1S/C13H13NO3/c15-13(12-5-6-16-17-12)14-11-7-9-3-1-2-4-10(9)8-11/h1-6,11-12H,7-8H2,(H,14,15). The van der Waals surface area contributed by atoms with E-state index in [1.807, 2.05) is 12.1 Å². The van der Waals surface area contributed by atoms with Crippen molar-refractivity contribution in [3.05, 3.63) is 47.7 Å². The number of amides is 1. The third kappa shape index (κ3) is 2.03. The van der Waals surface area contributed by atoms with E-state index >= 15 is 0 Å². The minimum atomic E-state index is -0.612. The number of rotatable bonds is 2. The Morgan fingerprint density at radius 2 is 1.94 bits per heavy atom. The van der Waals surface area contributed by atoms with Gasteiger partial charge in [0, 0.05) is 6.04 Å². The van der Waals surface area contributed by atoms with Gasteiger partial charge in [0.25, 0.3) is 5.91 Å². The lowest BCUT2D eigenvalue weighted by atomic mass is 10.1.